The van der Waals surface area contributed by atoms with E-state index >= 15 is 0 Å². The summed E-state index contributed by atoms with van der Waals surface area (Å²) in [5.74, 6) is 1.48. The first-order valence-electron chi connectivity index (χ1n) is 7.05. The predicted octanol–water partition coefficient (Wildman–Crippen LogP) is 2.75. The number of hydrogen-bond donors (Lipinski definition) is 2. The SMILES string of the molecule is CN=C(NCCc1ccc(C)cc1)NC(C)C(C)C. The monoisotopic (exact) mass is 261 g/mol. The molecule has 0 aromatic heterocycles. The zero-order valence-electron chi connectivity index (χ0n) is 12.8. The molecule has 19 heavy (non-hydrogen) atoms. The van der Waals surface area contributed by atoms with Crippen molar-refractivity contribution >= 4 is 5.96 Å². The van der Waals surface area contributed by atoms with E-state index in [1.54, 1.807) is 0 Å². The molecule has 0 saturated heterocycles. The Kier molecular flexibility index (Phi) is 6.40. The van der Waals surface area contributed by atoms with Gasteiger partial charge in [0.25, 0.3) is 0 Å². The summed E-state index contributed by atoms with van der Waals surface area (Å²) in [6.45, 7) is 9.60. The Labute approximate surface area is 117 Å². The van der Waals surface area contributed by atoms with Gasteiger partial charge in [-0.1, -0.05) is 43.7 Å². The first-order chi connectivity index (χ1) is 9.02. The molecule has 106 valence electrons. The molecule has 0 amide bonds. The Morgan fingerprint density at radius 2 is 1.79 bits per heavy atom. The standard InChI is InChI=1S/C16H27N3/c1-12(2)14(4)19-16(17-5)18-11-10-15-8-6-13(3)7-9-15/h6-9,12,14H,10-11H2,1-5H3,(H2,17,18,19). The van der Waals surface area contributed by atoms with Gasteiger partial charge in [-0.05, 0) is 31.7 Å². The lowest BCUT2D eigenvalue weighted by Gasteiger charge is -2.20. The second-order valence-electron chi connectivity index (χ2n) is 5.41. The van der Waals surface area contributed by atoms with Crippen LogP contribution in [0.4, 0.5) is 0 Å². The van der Waals surface area contributed by atoms with Crippen LogP contribution in [0, 0.1) is 12.8 Å². The minimum Gasteiger partial charge on any atom is -0.356 e. The van der Waals surface area contributed by atoms with Gasteiger partial charge in [0.1, 0.15) is 0 Å². The molecule has 1 aromatic carbocycles. The smallest absolute Gasteiger partial charge is 0.191 e. The molecule has 0 aliphatic rings. The van der Waals surface area contributed by atoms with Crippen molar-refractivity contribution in [1.29, 1.82) is 0 Å². The van der Waals surface area contributed by atoms with E-state index in [1.165, 1.54) is 11.1 Å². The van der Waals surface area contributed by atoms with Crippen molar-refractivity contribution in [3.8, 4) is 0 Å². The minimum atomic E-state index is 0.422. The van der Waals surface area contributed by atoms with E-state index in [-0.39, 0.29) is 0 Å². The van der Waals surface area contributed by atoms with Crippen LogP contribution in [0.1, 0.15) is 31.9 Å². The molecule has 0 saturated carbocycles. The zero-order valence-corrected chi connectivity index (χ0v) is 12.8. The summed E-state index contributed by atoms with van der Waals surface area (Å²) in [4.78, 5) is 4.25. The molecule has 3 heteroatoms. The van der Waals surface area contributed by atoms with E-state index in [0.29, 0.717) is 12.0 Å². The maximum atomic E-state index is 4.25. The van der Waals surface area contributed by atoms with Crippen molar-refractivity contribution in [3.05, 3.63) is 35.4 Å². The third kappa shape index (κ3) is 5.77. The first kappa shape index (κ1) is 15.5. The lowest BCUT2D eigenvalue weighted by atomic mass is 10.1. The van der Waals surface area contributed by atoms with Crippen LogP contribution >= 0.6 is 0 Å². The number of aliphatic imine (C=N–C) groups is 1. The van der Waals surface area contributed by atoms with Gasteiger partial charge in [0.05, 0.1) is 0 Å². The third-order valence-corrected chi connectivity index (χ3v) is 3.41. The fourth-order valence-electron chi connectivity index (χ4n) is 1.66. The molecule has 0 heterocycles. The summed E-state index contributed by atoms with van der Waals surface area (Å²) >= 11 is 0. The molecular formula is C16H27N3. The summed E-state index contributed by atoms with van der Waals surface area (Å²) < 4.78 is 0. The van der Waals surface area contributed by atoms with Crippen LogP contribution in [-0.2, 0) is 6.42 Å². The van der Waals surface area contributed by atoms with E-state index in [9.17, 15) is 0 Å². The summed E-state index contributed by atoms with van der Waals surface area (Å²) in [7, 11) is 1.81. The normalized spacial score (nSPS) is 13.5. The Balaban J connectivity index is 2.36. The molecule has 0 aliphatic heterocycles. The Morgan fingerprint density at radius 1 is 1.16 bits per heavy atom. The molecule has 3 nitrogen and oxygen atoms in total. The van der Waals surface area contributed by atoms with Gasteiger partial charge in [0.15, 0.2) is 5.96 Å². The molecule has 0 spiro atoms. The van der Waals surface area contributed by atoms with Gasteiger partial charge in [0.2, 0.25) is 0 Å². The fraction of sp³-hybridized carbons (Fsp3) is 0.562. The van der Waals surface area contributed by atoms with Gasteiger partial charge in [-0.25, -0.2) is 0 Å². The first-order valence-corrected chi connectivity index (χ1v) is 7.05. The van der Waals surface area contributed by atoms with E-state index in [4.69, 9.17) is 0 Å². The van der Waals surface area contributed by atoms with Crippen LogP contribution in [0.2, 0.25) is 0 Å². The Morgan fingerprint density at radius 3 is 2.32 bits per heavy atom. The van der Waals surface area contributed by atoms with Gasteiger partial charge in [0, 0.05) is 19.6 Å². The van der Waals surface area contributed by atoms with Crippen LogP contribution in [0.5, 0.6) is 0 Å². The second-order valence-corrected chi connectivity index (χ2v) is 5.41. The lowest BCUT2D eigenvalue weighted by Crippen LogP contribution is -2.44. The molecular weight excluding hydrogens is 234 g/mol. The van der Waals surface area contributed by atoms with Crippen LogP contribution in [-0.4, -0.2) is 25.6 Å². The lowest BCUT2D eigenvalue weighted by molar-refractivity contribution is 0.481. The molecule has 1 aromatic rings. The summed E-state index contributed by atoms with van der Waals surface area (Å²) in [5, 5.41) is 6.76. The number of benzene rings is 1. The number of nitrogens with one attached hydrogen (secondary N) is 2. The van der Waals surface area contributed by atoms with Crippen LogP contribution in [0.25, 0.3) is 0 Å². The van der Waals surface area contributed by atoms with Crippen LogP contribution in [0.3, 0.4) is 0 Å². The van der Waals surface area contributed by atoms with Gasteiger partial charge in [-0.2, -0.15) is 0 Å². The van der Waals surface area contributed by atoms with Crippen molar-refractivity contribution in [2.45, 2.75) is 40.2 Å². The summed E-state index contributed by atoms with van der Waals surface area (Å²) in [6, 6.07) is 9.10. The number of guanidine groups is 1. The zero-order chi connectivity index (χ0) is 14.3. The average molecular weight is 261 g/mol. The quantitative estimate of drug-likeness (QED) is 0.631. The molecule has 1 rings (SSSR count). The maximum Gasteiger partial charge on any atom is 0.191 e. The van der Waals surface area contributed by atoms with Gasteiger partial charge >= 0.3 is 0 Å². The van der Waals surface area contributed by atoms with Crippen molar-refractivity contribution in [3.63, 3.8) is 0 Å². The van der Waals surface area contributed by atoms with Crippen molar-refractivity contribution in [1.82, 2.24) is 10.6 Å². The minimum absolute atomic E-state index is 0.422. The predicted molar refractivity (Wildman–Crippen MR) is 83.7 cm³/mol. The topological polar surface area (TPSA) is 36.4 Å². The van der Waals surface area contributed by atoms with Crippen molar-refractivity contribution in [2.75, 3.05) is 13.6 Å². The van der Waals surface area contributed by atoms with Gasteiger partial charge in [-0.15, -0.1) is 0 Å². The van der Waals surface area contributed by atoms with Crippen LogP contribution in [0.15, 0.2) is 29.3 Å². The molecule has 0 radical (unpaired) electrons. The highest BCUT2D eigenvalue weighted by Crippen LogP contribution is 2.03. The van der Waals surface area contributed by atoms with E-state index in [2.05, 4.69) is 67.6 Å². The van der Waals surface area contributed by atoms with Crippen molar-refractivity contribution < 1.29 is 0 Å². The summed E-state index contributed by atoms with van der Waals surface area (Å²) in [5.41, 5.74) is 2.66. The molecule has 0 bridgehead atoms. The Bertz CT molecular complexity index is 393. The second kappa shape index (κ2) is 7.82. The highest BCUT2D eigenvalue weighted by molar-refractivity contribution is 5.79. The van der Waals surface area contributed by atoms with Gasteiger partial charge < -0.3 is 10.6 Å². The number of rotatable bonds is 5. The van der Waals surface area contributed by atoms with E-state index < -0.39 is 0 Å². The largest absolute Gasteiger partial charge is 0.356 e. The van der Waals surface area contributed by atoms with Crippen molar-refractivity contribution in [2.24, 2.45) is 10.9 Å². The Hall–Kier alpha value is -1.51. The number of hydrogen-bond acceptors (Lipinski definition) is 1. The molecule has 1 unspecified atom stereocenters. The third-order valence-electron chi connectivity index (χ3n) is 3.41. The molecule has 1 atom stereocenters. The number of nitrogens with zero attached hydrogens (tertiary/aromatic N) is 1. The van der Waals surface area contributed by atoms with Gasteiger partial charge in [-0.3, -0.25) is 4.99 Å². The summed E-state index contributed by atoms with van der Waals surface area (Å²) in [6.07, 6.45) is 1.01. The van der Waals surface area contributed by atoms with Crippen LogP contribution < -0.4 is 10.6 Å². The molecule has 0 fully saturated rings. The highest BCUT2D eigenvalue weighted by Gasteiger charge is 2.08. The fourth-order valence-corrected chi connectivity index (χ4v) is 1.66. The number of aryl methyl sites for hydroxylation is 1. The van der Waals surface area contributed by atoms with E-state index in [0.717, 1.165) is 18.9 Å². The maximum absolute atomic E-state index is 4.25. The molecule has 0 aliphatic carbocycles. The van der Waals surface area contributed by atoms with E-state index in [1.807, 2.05) is 7.05 Å². The molecule has 2 N–H and O–H groups in total. The average Bonchev–Trinajstić information content (AvgIpc) is 2.39. The highest BCUT2D eigenvalue weighted by atomic mass is 15.2.